The van der Waals surface area contributed by atoms with Gasteiger partial charge in [0.25, 0.3) is 0 Å². The van der Waals surface area contributed by atoms with Gasteiger partial charge in [0, 0.05) is 19.6 Å². The Labute approximate surface area is 106 Å². The predicted molar refractivity (Wildman–Crippen MR) is 71.6 cm³/mol. The van der Waals surface area contributed by atoms with Crippen molar-refractivity contribution in [3.05, 3.63) is 0 Å². The van der Waals surface area contributed by atoms with Crippen molar-refractivity contribution in [2.75, 3.05) is 13.6 Å². The molecule has 0 heterocycles. The monoisotopic (exact) mass is 240 g/mol. The minimum absolute atomic E-state index is 0.0270. The zero-order valence-corrected chi connectivity index (χ0v) is 11.6. The number of hydrogen-bond donors (Lipinski definition) is 1. The van der Waals surface area contributed by atoms with E-state index in [1.54, 1.807) is 0 Å². The van der Waals surface area contributed by atoms with Crippen LogP contribution in [0.2, 0.25) is 0 Å². The smallest absolute Gasteiger partial charge is 0.226 e. The molecule has 3 nitrogen and oxygen atoms in total. The van der Waals surface area contributed by atoms with Crippen LogP contribution in [0.15, 0.2) is 0 Å². The van der Waals surface area contributed by atoms with Crippen LogP contribution in [0.3, 0.4) is 0 Å². The molecule has 2 N–H and O–H groups in total. The summed E-state index contributed by atoms with van der Waals surface area (Å²) in [6.07, 6.45) is 6.93. The number of rotatable bonds is 5. The molecule has 0 saturated heterocycles. The van der Waals surface area contributed by atoms with Crippen molar-refractivity contribution in [3.8, 4) is 0 Å². The Morgan fingerprint density at radius 2 is 2.06 bits per heavy atom. The molecule has 0 aliphatic heterocycles. The van der Waals surface area contributed by atoms with Gasteiger partial charge in [0.15, 0.2) is 0 Å². The summed E-state index contributed by atoms with van der Waals surface area (Å²) >= 11 is 0. The van der Waals surface area contributed by atoms with Crippen LogP contribution in [0.25, 0.3) is 0 Å². The molecule has 1 amide bonds. The summed E-state index contributed by atoms with van der Waals surface area (Å²) in [4.78, 5) is 14.3. The average Bonchev–Trinajstić information content (AvgIpc) is 2.35. The van der Waals surface area contributed by atoms with E-state index in [0.717, 1.165) is 19.3 Å². The van der Waals surface area contributed by atoms with Gasteiger partial charge >= 0.3 is 0 Å². The van der Waals surface area contributed by atoms with Gasteiger partial charge in [0.05, 0.1) is 5.92 Å². The zero-order chi connectivity index (χ0) is 12.8. The summed E-state index contributed by atoms with van der Waals surface area (Å²) in [7, 11) is 1.97. The average molecular weight is 240 g/mol. The molecule has 0 spiro atoms. The third-order valence-corrected chi connectivity index (χ3v) is 4.18. The van der Waals surface area contributed by atoms with Crippen LogP contribution in [0.5, 0.6) is 0 Å². The quantitative estimate of drug-likeness (QED) is 0.802. The van der Waals surface area contributed by atoms with E-state index in [2.05, 4.69) is 13.8 Å². The van der Waals surface area contributed by atoms with E-state index in [0.29, 0.717) is 18.5 Å². The zero-order valence-electron chi connectivity index (χ0n) is 11.6. The number of nitrogens with two attached hydrogens (primary N) is 1. The van der Waals surface area contributed by atoms with Crippen LogP contribution in [-0.2, 0) is 4.79 Å². The van der Waals surface area contributed by atoms with Gasteiger partial charge in [-0.15, -0.1) is 0 Å². The highest BCUT2D eigenvalue weighted by Crippen LogP contribution is 2.28. The molecule has 1 aliphatic carbocycles. The van der Waals surface area contributed by atoms with Gasteiger partial charge in [0.1, 0.15) is 0 Å². The summed E-state index contributed by atoms with van der Waals surface area (Å²) in [6.45, 7) is 4.86. The van der Waals surface area contributed by atoms with Crippen molar-refractivity contribution in [1.29, 1.82) is 0 Å². The molecule has 3 unspecified atom stereocenters. The third-order valence-electron chi connectivity index (χ3n) is 4.18. The fraction of sp³-hybridized carbons (Fsp3) is 0.929. The summed E-state index contributed by atoms with van der Waals surface area (Å²) < 4.78 is 0. The van der Waals surface area contributed by atoms with Crippen LogP contribution in [-0.4, -0.2) is 30.4 Å². The highest BCUT2D eigenvalue weighted by molar-refractivity contribution is 5.79. The molecule has 100 valence electrons. The first-order chi connectivity index (χ1) is 8.11. The normalized spacial score (nSPS) is 26.6. The largest absolute Gasteiger partial charge is 0.342 e. The van der Waals surface area contributed by atoms with Crippen molar-refractivity contribution in [3.63, 3.8) is 0 Å². The first-order valence-corrected chi connectivity index (χ1v) is 7.08. The van der Waals surface area contributed by atoms with E-state index in [1.807, 2.05) is 11.9 Å². The lowest BCUT2D eigenvalue weighted by atomic mass is 9.84. The fourth-order valence-electron chi connectivity index (χ4n) is 3.01. The molecule has 0 aromatic heterocycles. The van der Waals surface area contributed by atoms with Crippen LogP contribution >= 0.6 is 0 Å². The molecule has 17 heavy (non-hydrogen) atoms. The van der Waals surface area contributed by atoms with Gasteiger partial charge in [-0.1, -0.05) is 33.1 Å². The SMILES string of the molecule is CCCC(CN)C(=O)N(C)C1CCCCC1C. The van der Waals surface area contributed by atoms with Crippen molar-refractivity contribution in [2.24, 2.45) is 17.6 Å². The Balaban J connectivity index is 2.60. The van der Waals surface area contributed by atoms with E-state index in [4.69, 9.17) is 5.73 Å². The summed E-state index contributed by atoms with van der Waals surface area (Å²) in [5, 5.41) is 0. The minimum Gasteiger partial charge on any atom is -0.342 e. The number of carbonyl (C=O) groups excluding carboxylic acids is 1. The van der Waals surface area contributed by atoms with Gasteiger partial charge in [-0.2, -0.15) is 0 Å². The first-order valence-electron chi connectivity index (χ1n) is 7.08. The maximum atomic E-state index is 12.4. The van der Waals surface area contributed by atoms with Gasteiger partial charge in [-0.25, -0.2) is 0 Å². The maximum Gasteiger partial charge on any atom is 0.226 e. The first kappa shape index (κ1) is 14.5. The van der Waals surface area contributed by atoms with E-state index < -0.39 is 0 Å². The third kappa shape index (κ3) is 3.70. The molecular weight excluding hydrogens is 212 g/mol. The van der Waals surface area contributed by atoms with Crippen LogP contribution < -0.4 is 5.73 Å². The second kappa shape index (κ2) is 7.00. The van der Waals surface area contributed by atoms with Gasteiger partial charge in [-0.3, -0.25) is 4.79 Å². The molecule has 1 saturated carbocycles. The Morgan fingerprint density at radius 1 is 1.41 bits per heavy atom. The molecular formula is C14H28N2O. The van der Waals surface area contributed by atoms with Crippen molar-refractivity contribution >= 4 is 5.91 Å². The second-order valence-electron chi connectivity index (χ2n) is 5.50. The van der Waals surface area contributed by atoms with Gasteiger partial charge < -0.3 is 10.6 Å². The molecule has 0 radical (unpaired) electrons. The lowest BCUT2D eigenvalue weighted by molar-refractivity contribution is -0.137. The standard InChI is InChI=1S/C14H28N2O/c1-4-7-12(10-15)14(17)16(3)13-9-6-5-8-11(13)2/h11-13H,4-10,15H2,1-3H3. The molecule has 0 aromatic carbocycles. The molecule has 1 aliphatic rings. The topological polar surface area (TPSA) is 46.3 Å². The van der Waals surface area contributed by atoms with E-state index >= 15 is 0 Å². The van der Waals surface area contributed by atoms with Gasteiger partial charge in [-0.05, 0) is 25.2 Å². The van der Waals surface area contributed by atoms with Crippen LogP contribution in [0.4, 0.5) is 0 Å². The summed E-state index contributed by atoms with van der Waals surface area (Å²) in [5.41, 5.74) is 5.71. The number of amides is 1. The summed E-state index contributed by atoms with van der Waals surface area (Å²) in [5.74, 6) is 0.921. The Kier molecular flexibility index (Phi) is 5.96. The molecule has 3 heteroatoms. The highest BCUT2D eigenvalue weighted by Gasteiger charge is 2.30. The van der Waals surface area contributed by atoms with E-state index in [-0.39, 0.29) is 11.8 Å². The fourth-order valence-corrected chi connectivity index (χ4v) is 3.01. The molecule has 1 fully saturated rings. The Hall–Kier alpha value is -0.570. The van der Waals surface area contributed by atoms with Crippen LogP contribution in [0, 0.1) is 11.8 Å². The molecule has 3 atom stereocenters. The minimum atomic E-state index is 0.0270. The highest BCUT2D eigenvalue weighted by atomic mass is 16.2. The molecule has 1 rings (SSSR count). The predicted octanol–water partition coefficient (Wildman–Crippen LogP) is 2.40. The second-order valence-corrected chi connectivity index (χ2v) is 5.50. The number of carbonyl (C=O) groups is 1. The Morgan fingerprint density at radius 3 is 2.59 bits per heavy atom. The number of hydrogen-bond acceptors (Lipinski definition) is 2. The van der Waals surface area contributed by atoms with Crippen molar-refractivity contribution in [1.82, 2.24) is 4.90 Å². The lowest BCUT2D eigenvalue weighted by Gasteiger charge is -2.37. The van der Waals surface area contributed by atoms with Crippen molar-refractivity contribution in [2.45, 2.75) is 58.4 Å². The van der Waals surface area contributed by atoms with Crippen molar-refractivity contribution < 1.29 is 4.79 Å². The summed E-state index contributed by atoms with van der Waals surface area (Å²) in [6, 6.07) is 0.433. The Bertz CT molecular complexity index is 242. The van der Waals surface area contributed by atoms with Crippen LogP contribution in [0.1, 0.15) is 52.4 Å². The van der Waals surface area contributed by atoms with E-state index in [9.17, 15) is 4.79 Å². The molecule has 0 bridgehead atoms. The maximum absolute atomic E-state index is 12.4. The number of nitrogens with zero attached hydrogens (tertiary/aromatic N) is 1. The lowest BCUT2D eigenvalue weighted by Crippen LogP contribution is -2.46. The molecule has 0 aromatic rings. The van der Waals surface area contributed by atoms with Gasteiger partial charge in [0.2, 0.25) is 5.91 Å². The van der Waals surface area contributed by atoms with E-state index in [1.165, 1.54) is 19.3 Å².